The van der Waals surface area contributed by atoms with Crippen LogP contribution in [0.2, 0.25) is 0 Å². The van der Waals surface area contributed by atoms with Crippen molar-refractivity contribution in [3.63, 3.8) is 0 Å². The Morgan fingerprint density at radius 2 is 2.00 bits per heavy atom. The monoisotopic (exact) mass is 457 g/mol. The van der Waals surface area contributed by atoms with Crippen LogP contribution in [0.15, 0.2) is 35.5 Å². The third-order valence-corrected chi connectivity index (χ3v) is 4.55. The van der Waals surface area contributed by atoms with Crippen LogP contribution in [0.1, 0.15) is 24.8 Å². The van der Waals surface area contributed by atoms with E-state index in [0.29, 0.717) is 16.6 Å². The van der Waals surface area contributed by atoms with E-state index in [1.54, 1.807) is 30.3 Å². The first-order valence-corrected chi connectivity index (χ1v) is 9.12. The van der Waals surface area contributed by atoms with Gasteiger partial charge in [0.2, 0.25) is 0 Å². The van der Waals surface area contributed by atoms with Crippen LogP contribution in [0.5, 0.6) is 0 Å². The maximum atomic E-state index is 12.7. The molecule has 10 nitrogen and oxygen atoms in total. The van der Waals surface area contributed by atoms with Crippen LogP contribution in [0.4, 0.5) is 4.79 Å². The standard InChI is InChI=1S/C17H20BrN3O7/c18-13-8-12(28-20-13)9-21(17(19,15(24)25)7-6-14(22)23)16(26)27-10-11-4-2-1-3-5-11/h1-5,12H,6-10,19H2,(H,22,23)(H,24,25)/t12?,17-/m0/s1. The fourth-order valence-electron chi connectivity index (χ4n) is 2.55. The van der Waals surface area contributed by atoms with E-state index in [1.807, 2.05) is 0 Å². The summed E-state index contributed by atoms with van der Waals surface area (Å²) in [7, 11) is 0. The van der Waals surface area contributed by atoms with Crippen molar-refractivity contribution in [3.8, 4) is 0 Å². The molecule has 1 unspecified atom stereocenters. The number of nitrogens with zero attached hydrogens (tertiary/aromatic N) is 2. The number of amides is 1. The van der Waals surface area contributed by atoms with Crippen molar-refractivity contribution >= 4 is 38.6 Å². The lowest BCUT2D eigenvalue weighted by molar-refractivity contribution is -0.153. The molecule has 152 valence electrons. The third-order valence-electron chi connectivity index (χ3n) is 4.08. The van der Waals surface area contributed by atoms with Crippen LogP contribution < -0.4 is 5.73 Å². The molecule has 28 heavy (non-hydrogen) atoms. The summed E-state index contributed by atoms with van der Waals surface area (Å²) in [5, 5.41) is 22.2. The molecule has 1 aromatic carbocycles. The Morgan fingerprint density at radius 3 is 2.54 bits per heavy atom. The maximum Gasteiger partial charge on any atom is 0.412 e. The second-order valence-electron chi connectivity index (χ2n) is 6.17. The molecular weight excluding hydrogens is 438 g/mol. The lowest BCUT2D eigenvalue weighted by Crippen LogP contribution is -2.65. The zero-order chi connectivity index (χ0) is 20.7. The molecule has 11 heteroatoms. The van der Waals surface area contributed by atoms with Gasteiger partial charge in [0.1, 0.15) is 11.2 Å². The van der Waals surface area contributed by atoms with Gasteiger partial charge in [-0.15, -0.1) is 0 Å². The Morgan fingerprint density at radius 1 is 1.32 bits per heavy atom. The quantitative estimate of drug-likeness (QED) is 0.473. The van der Waals surface area contributed by atoms with Crippen molar-refractivity contribution in [2.45, 2.75) is 37.6 Å². The number of halogens is 1. The molecule has 4 N–H and O–H groups in total. The Kier molecular flexibility index (Phi) is 7.35. The van der Waals surface area contributed by atoms with Crippen molar-refractivity contribution in [1.29, 1.82) is 0 Å². The fourth-order valence-corrected chi connectivity index (χ4v) is 2.99. The second-order valence-corrected chi connectivity index (χ2v) is 7.09. The van der Waals surface area contributed by atoms with Gasteiger partial charge in [-0.05, 0) is 21.5 Å². The Labute approximate surface area is 169 Å². The average molecular weight is 458 g/mol. The molecule has 0 spiro atoms. The number of carbonyl (C=O) groups excluding carboxylic acids is 1. The second kappa shape index (κ2) is 9.51. The highest BCUT2D eigenvalue weighted by Gasteiger charge is 2.46. The minimum absolute atomic E-state index is 0.101. The number of aliphatic carboxylic acids is 2. The van der Waals surface area contributed by atoms with Gasteiger partial charge in [-0.1, -0.05) is 35.5 Å². The summed E-state index contributed by atoms with van der Waals surface area (Å²) in [6.45, 7) is -0.342. The van der Waals surface area contributed by atoms with Gasteiger partial charge in [-0.3, -0.25) is 15.4 Å². The molecule has 1 aliphatic rings. The number of hydrogen-bond acceptors (Lipinski definition) is 7. The van der Waals surface area contributed by atoms with Crippen LogP contribution in [-0.2, 0) is 25.8 Å². The number of carbonyl (C=O) groups is 3. The number of carboxylic acids is 2. The summed E-state index contributed by atoms with van der Waals surface area (Å²) in [6.07, 6.45) is -2.39. The first-order valence-electron chi connectivity index (χ1n) is 8.33. The zero-order valence-corrected chi connectivity index (χ0v) is 16.4. The molecule has 1 amide bonds. The molecule has 2 rings (SSSR count). The number of carboxylic acid groups (broad SMARTS) is 2. The predicted octanol–water partition coefficient (Wildman–Crippen LogP) is 1.73. The summed E-state index contributed by atoms with van der Waals surface area (Å²) >= 11 is 3.16. The molecule has 1 aliphatic heterocycles. The van der Waals surface area contributed by atoms with Gasteiger partial charge in [-0.25, -0.2) is 9.59 Å². The normalized spacial score (nSPS) is 17.8. The number of hydrogen-bond donors (Lipinski definition) is 3. The first kappa shape index (κ1) is 21.6. The molecule has 0 fully saturated rings. The van der Waals surface area contributed by atoms with E-state index >= 15 is 0 Å². The van der Waals surface area contributed by atoms with Gasteiger partial charge in [-0.2, -0.15) is 0 Å². The van der Waals surface area contributed by atoms with E-state index in [-0.39, 0.29) is 13.2 Å². The van der Waals surface area contributed by atoms with E-state index in [9.17, 15) is 19.5 Å². The molecule has 1 heterocycles. The van der Waals surface area contributed by atoms with Crippen molar-refractivity contribution in [1.82, 2.24) is 4.90 Å². The maximum absolute atomic E-state index is 12.7. The highest BCUT2D eigenvalue weighted by atomic mass is 79.9. The predicted molar refractivity (Wildman–Crippen MR) is 101 cm³/mol. The fraction of sp³-hybridized carbons (Fsp3) is 0.412. The van der Waals surface area contributed by atoms with Gasteiger partial charge in [0.05, 0.1) is 6.54 Å². The number of oxime groups is 1. The Bertz CT molecular complexity index is 758. The molecule has 0 aliphatic carbocycles. The third kappa shape index (κ3) is 5.67. The van der Waals surface area contributed by atoms with Gasteiger partial charge in [0.15, 0.2) is 11.8 Å². The summed E-state index contributed by atoms with van der Waals surface area (Å²) in [6, 6.07) is 8.80. The molecule has 0 saturated heterocycles. The molecule has 1 aromatic rings. The average Bonchev–Trinajstić information content (AvgIpc) is 3.08. The summed E-state index contributed by atoms with van der Waals surface area (Å²) in [5.41, 5.74) is 4.38. The van der Waals surface area contributed by atoms with E-state index < -0.39 is 42.6 Å². The van der Waals surface area contributed by atoms with Crippen LogP contribution in [0, 0.1) is 0 Å². The lowest BCUT2D eigenvalue weighted by Gasteiger charge is -2.37. The van der Waals surface area contributed by atoms with Crippen molar-refractivity contribution < 1.29 is 34.2 Å². The van der Waals surface area contributed by atoms with Crippen LogP contribution in [0.25, 0.3) is 0 Å². The van der Waals surface area contributed by atoms with E-state index in [2.05, 4.69) is 21.1 Å². The minimum atomic E-state index is -2.29. The highest BCUT2D eigenvalue weighted by Crippen LogP contribution is 2.23. The summed E-state index contributed by atoms with van der Waals surface area (Å²) < 4.78 is 5.72. The van der Waals surface area contributed by atoms with E-state index in [0.717, 1.165) is 4.90 Å². The minimum Gasteiger partial charge on any atom is -0.481 e. The SMILES string of the molecule is N[C@](CCC(=O)O)(C(=O)O)N(CC1CC(Br)=NO1)C(=O)OCc1ccccc1. The summed E-state index contributed by atoms with van der Waals surface area (Å²) in [4.78, 5) is 41.4. The van der Waals surface area contributed by atoms with Crippen molar-refractivity contribution in [3.05, 3.63) is 35.9 Å². The number of nitrogens with two attached hydrogens (primary N) is 1. The topological polar surface area (TPSA) is 152 Å². The molecule has 0 bridgehead atoms. The molecule has 2 atom stereocenters. The molecule has 0 aromatic heterocycles. The van der Waals surface area contributed by atoms with Crippen molar-refractivity contribution in [2.24, 2.45) is 10.9 Å². The van der Waals surface area contributed by atoms with Crippen LogP contribution >= 0.6 is 15.9 Å². The largest absolute Gasteiger partial charge is 0.481 e. The number of benzene rings is 1. The van der Waals surface area contributed by atoms with Gasteiger partial charge < -0.3 is 19.8 Å². The van der Waals surface area contributed by atoms with Gasteiger partial charge in [0, 0.05) is 19.3 Å². The van der Waals surface area contributed by atoms with Gasteiger partial charge in [0.25, 0.3) is 0 Å². The highest BCUT2D eigenvalue weighted by molar-refractivity contribution is 9.18. The molecular formula is C17H20BrN3O7. The van der Waals surface area contributed by atoms with Gasteiger partial charge >= 0.3 is 18.0 Å². The lowest BCUT2D eigenvalue weighted by atomic mass is 10.0. The van der Waals surface area contributed by atoms with Crippen molar-refractivity contribution in [2.75, 3.05) is 6.54 Å². The van der Waals surface area contributed by atoms with Crippen LogP contribution in [0.3, 0.4) is 0 Å². The number of rotatable bonds is 9. The summed E-state index contributed by atoms with van der Waals surface area (Å²) in [5.74, 6) is -2.79. The first-order chi connectivity index (χ1) is 13.2. The number of ether oxygens (including phenoxy) is 1. The zero-order valence-electron chi connectivity index (χ0n) is 14.8. The molecule has 0 saturated carbocycles. The van der Waals surface area contributed by atoms with Crippen LogP contribution in [-0.4, -0.2) is 56.1 Å². The molecule has 0 radical (unpaired) electrons. The van der Waals surface area contributed by atoms with E-state index in [4.69, 9.17) is 20.4 Å². The van der Waals surface area contributed by atoms with E-state index in [1.165, 1.54) is 0 Å². The Hall–Kier alpha value is -2.66. The Balaban J connectivity index is 2.19. The smallest absolute Gasteiger partial charge is 0.412 e.